The first-order valence-corrected chi connectivity index (χ1v) is 9.32. The van der Waals surface area contributed by atoms with E-state index < -0.39 is 0 Å². The van der Waals surface area contributed by atoms with Gasteiger partial charge in [0.25, 0.3) is 0 Å². The molecule has 0 unspecified atom stereocenters. The molecule has 3 rings (SSSR count). The molecule has 0 N–H and O–H groups in total. The van der Waals surface area contributed by atoms with Crippen LogP contribution in [0.1, 0.15) is 58.7 Å². The van der Waals surface area contributed by atoms with Gasteiger partial charge in [-0.1, -0.05) is 72.9 Å². The fourth-order valence-corrected chi connectivity index (χ4v) is 2.79. The predicted octanol–water partition coefficient (Wildman–Crippen LogP) is 6.23. The Hall–Kier alpha value is -3.22. The van der Waals surface area contributed by atoms with E-state index in [4.69, 9.17) is 0 Å². The van der Waals surface area contributed by atoms with Crippen LogP contribution in [0.2, 0.25) is 0 Å². The maximum absolute atomic E-state index is 3.34. The minimum atomic E-state index is 0.397. The van der Waals surface area contributed by atoms with Crippen LogP contribution in [0, 0.1) is 37.5 Å². The van der Waals surface area contributed by atoms with E-state index in [1.807, 2.05) is 0 Å². The van der Waals surface area contributed by atoms with Gasteiger partial charge in [-0.25, -0.2) is 0 Å². The molecule has 27 heavy (non-hydrogen) atoms. The molecule has 0 atom stereocenters. The molecular weight excluding hydrogens is 324 g/mol. The fraction of sp³-hybridized carbons (Fsp3) is 0.185. The summed E-state index contributed by atoms with van der Waals surface area (Å²) in [5.41, 5.74) is 7.92. The van der Waals surface area contributed by atoms with Crippen LogP contribution in [-0.2, 0) is 0 Å². The van der Waals surface area contributed by atoms with Crippen molar-refractivity contribution in [2.45, 2.75) is 33.6 Å². The summed E-state index contributed by atoms with van der Waals surface area (Å²) in [7, 11) is 0. The van der Waals surface area contributed by atoms with Crippen molar-refractivity contribution < 1.29 is 0 Å². The molecule has 132 valence electrons. The quantitative estimate of drug-likeness (QED) is 0.458. The van der Waals surface area contributed by atoms with Gasteiger partial charge in [-0.15, -0.1) is 0 Å². The lowest BCUT2D eigenvalue weighted by molar-refractivity contribution is 0.863. The van der Waals surface area contributed by atoms with Gasteiger partial charge in [-0.2, -0.15) is 0 Å². The third-order valence-corrected chi connectivity index (χ3v) is 4.47. The number of benzene rings is 3. The molecule has 0 radical (unpaired) electrons. The Morgan fingerprint density at radius 3 is 1.52 bits per heavy atom. The molecule has 0 aliphatic carbocycles. The Balaban J connectivity index is 1.89. The van der Waals surface area contributed by atoms with Crippen molar-refractivity contribution in [2.75, 3.05) is 0 Å². The highest BCUT2D eigenvalue weighted by molar-refractivity contribution is 5.52. The second-order valence-corrected chi connectivity index (χ2v) is 7.19. The van der Waals surface area contributed by atoms with Crippen molar-refractivity contribution in [3.63, 3.8) is 0 Å². The zero-order chi connectivity index (χ0) is 19.2. The Morgan fingerprint density at radius 1 is 0.556 bits per heavy atom. The van der Waals surface area contributed by atoms with Gasteiger partial charge in [0.15, 0.2) is 0 Å². The van der Waals surface area contributed by atoms with E-state index in [1.165, 1.54) is 16.7 Å². The summed E-state index contributed by atoms with van der Waals surface area (Å²) in [6.45, 7) is 8.57. The Bertz CT molecular complexity index is 1040. The molecule has 0 aliphatic rings. The van der Waals surface area contributed by atoms with Gasteiger partial charge in [-0.05, 0) is 67.8 Å². The molecule has 3 aromatic rings. The van der Waals surface area contributed by atoms with Crippen LogP contribution in [0.5, 0.6) is 0 Å². The lowest BCUT2D eigenvalue weighted by atomic mass is 9.95. The van der Waals surface area contributed by atoms with Crippen molar-refractivity contribution in [1.82, 2.24) is 0 Å². The van der Waals surface area contributed by atoms with Crippen molar-refractivity contribution in [2.24, 2.45) is 0 Å². The van der Waals surface area contributed by atoms with Crippen molar-refractivity contribution in [3.8, 4) is 23.7 Å². The lowest BCUT2D eigenvalue weighted by Gasteiger charge is -2.09. The first-order chi connectivity index (χ1) is 13.0. The summed E-state index contributed by atoms with van der Waals surface area (Å²) in [5, 5.41) is 0. The van der Waals surface area contributed by atoms with Gasteiger partial charge in [0.1, 0.15) is 0 Å². The minimum absolute atomic E-state index is 0.397. The second-order valence-electron chi connectivity index (χ2n) is 7.19. The van der Waals surface area contributed by atoms with Gasteiger partial charge in [0, 0.05) is 22.3 Å². The molecule has 0 nitrogen and oxygen atoms in total. The molecular formula is C27H24. The van der Waals surface area contributed by atoms with Crippen molar-refractivity contribution >= 4 is 0 Å². The predicted molar refractivity (Wildman–Crippen MR) is 115 cm³/mol. The Labute approximate surface area is 163 Å². The van der Waals surface area contributed by atoms with Gasteiger partial charge < -0.3 is 0 Å². The molecule has 0 amide bonds. The standard InChI is InChI=1S/C27H24/c1-20(2)27-19-25(14-13-23-9-5-21(3)6-10-23)16-18-26(27)17-15-24-11-7-22(4)8-12-24/h5-12,16,18-20H,1-4H3. The van der Waals surface area contributed by atoms with Crippen LogP contribution in [0.25, 0.3) is 0 Å². The number of hydrogen-bond acceptors (Lipinski definition) is 0. The van der Waals surface area contributed by atoms with E-state index in [2.05, 4.69) is 118 Å². The zero-order valence-corrected chi connectivity index (χ0v) is 16.4. The first-order valence-electron chi connectivity index (χ1n) is 9.32. The Kier molecular flexibility index (Phi) is 5.80. The Morgan fingerprint density at radius 2 is 1.00 bits per heavy atom. The summed E-state index contributed by atoms with van der Waals surface area (Å²) < 4.78 is 0. The summed E-state index contributed by atoms with van der Waals surface area (Å²) >= 11 is 0. The van der Waals surface area contributed by atoms with Gasteiger partial charge in [-0.3, -0.25) is 0 Å². The largest absolute Gasteiger partial charge is 0.0617 e. The van der Waals surface area contributed by atoms with E-state index >= 15 is 0 Å². The first kappa shape index (κ1) is 18.6. The molecule has 0 heteroatoms. The van der Waals surface area contributed by atoms with Crippen LogP contribution in [0.15, 0.2) is 66.7 Å². The van der Waals surface area contributed by atoms with E-state index in [0.29, 0.717) is 5.92 Å². The lowest BCUT2D eigenvalue weighted by Crippen LogP contribution is -1.94. The molecule has 0 heterocycles. The van der Waals surface area contributed by atoms with E-state index in [-0.39, 0.29) is 0 Å². The monoisotopic (exact) mass is 348 g/mol. The summed E-state index contributed by atoms with van der Waals surface area (Å²) in [5.74, 6) is 13.6. The SMILES string of the molecule is Cc1ccc(C#Cc2ccc(C#Cc3ccc(C)cc3)c(C(C)C)c2)cc1. The average Bonchev–Trinajstić information content (AvgIpc) is 2.67. The third-order valence-electron chi connectivity index (χ3n) is 4.47. The van der Waals surface area contributed by atoms with Gasteiger partial charge >= 0.3 is 0 Å². The van der Waals surface area contributed by atoms with Crippen LogP contribution < -0.4 is 0 Å². The molecule has 0 saturated heterocycles. The molecule has 0 fully saturated rings. The normalized spacial score (nSPS) is 9.96. The summed E-state index contributed by atoms with van der Waals surface area (Å²) in [4.78, 5) is 0. The summed E-state index contributed by atoms with van der Waals surface area (Å²) in [6, 6.07) is 23.0. The fourth-order valence-electron chi connectivity index (χ4n) is 2.79. The van der Waals surface area contributed by atoms with Crippen LogP contribution in [-0.4, -0.2) is 0 Å². The third kappa shape index (κ3) is 5.13. The van der Waals surface area contributed by atoms with Gasteiger partial charge in [0.2, 0.25) is 0 Å². The number of aryl methyl sites for hydroxylation is 2. The molecule has 0 aromatic heterocycles. The van der Waals surface area contributed by atoms with E-state index in [9.17, 15) is 0 Å². The maximum Gasteiger partial charge on any atom is 0.0284 e. The highest BCUT2D eigenvalue weighted by Crippen LogP contribution is 2.20. The molecule has 0 saturated carbocycles. The minimum Gasteiger partial charge on any atom is -0.0617 e. The average molecular weight is 348 g/mol. The zero-order valence-electron chi connectivity index (χ0n) is 16.4. The van der Waals surface area contributed by atoms with Crippen molar-refractivity contribution in [3.05, 3.63) is 106 Å². The van der Waals surface area contributed by atoms with Crippen LogP contribution in [0.3, 0.4) is 0 Å². The molecule has 0 bridgehead atoms. The van der Waals surface area contributed by atoms with Crippen LogP contribution in [0.4, 0.5) is 0 Å². The molecule has 0 spiro atoms. The molecule has 3 aromatic carbocycles. The van der Waals surface area contributed by atoms with Crippen LogP contribution >= 0.6 is 0 Å². The number of hydrogen-bond donors (Lipinski definition) is 0. The molecule has 0 aliphatic heterocycles. The topological polar surface area (TPSA) is 0 Å². The van der Waals surface area contributed by atoms with Crippen molar-refractivity contribution in [1.29, 1.82) is 0 Å². The maximum atomic E-state index is 3.34. The highest BCUT2D eigenvalue weighted by Gasteiger charge is 2.05. The summed E-state index contributed by atoms with van der Waals surface area (Å²) in [6.07, 6.45) is 0. The smallest absolute Gasteiger partial charge is 0.0284 e. The number of rotatable bonds is 1. The van der Waals surface area contributed by atoms with Gasteiger partial charge in [0.05, 0.1) is 0 Å². The van der Waals surface area contributed by atoms with E-state index in [1.54, 1.807) is 0 Å². The van der Waals surface area contributed by atoms with E-state index in [0.717, 1.165) is 22.3 Å². The highest BCUT2D eigenvalue weighted by atomic mass is 14.1. The second kappa shape index (κ2) is 8.44.